The van der Waals surface area contributed by atoms with Crippen LogP contribution in [0.3, 0.4) is 0 Å². The molecule has 0 amide bonds. The topological polar surface area (TPSA) is 103 Å². The van der Waals surface area contributed by atoms with E-state index in [1.54, 1.807) is 0 Å². The van der Waals surface area contributed by atoms with Gasteiger partial charge in [0.1, 0.15) is 4.90 Å². The maximum atomic E-state index is 13.3. The fourth-order valence-corrected chi connectivity index (χ4v) is 2.42. The number of sulfonamides is 1. The molecule has 19 heavy (non-hydrogen) atoms. The highest BCUT2D eigenvalue weighted by atomic mass is 32.2. The van der Waals surface area contributed by atoms with Crippen molar-refractivity contribution >= 4 is 15.7 Å². The normalized spacial score (nSPS) is 11.5. The van der Waals surface area contributed by atoms with Gasteiger partial charge in [0.15, 0.2) is 5.82 Å². The number of hydrogen-bond donors (Lipinski definition) is 2. The first-order valence-electron chi connectivity index (χ1n) is 5.38. The van der Waals surface area contributed by atoms with Crippen LogP contribution in [0.2, 0.25) is 0 Å². The second kappa shape index (κ2) is 5.33. The van der Waals surface area contributed by atoms with E-state index in [0.29, 0.717) is 13.1 Å². The summed E-state index contributed by atoms with van der Waals surface area (Å²) in [5, 5.41) is 3.85. The summed E-state index contributed by atoms with van der Waals surface area (Å²) in [4.78, 5) is 3.48. The zero-order valence-electron chi connectivity index (χ0n) is 9.82. The molecule has 0 radical (unpaired) electrons. The number of nitrogens with zero attached hydrogens (tertiary/aromatic N) is 3. The lowest BCUT2D eigenvalue weighted by Crippen LogP contribution is -2.14. The van der Waals surface area contributed by atoms with Crippen LogP contribution in [0.15, 0.2) is 35.7 Å². The maximum Gasteiger partial charge on any atom is 0.265 e. The van der Waals surface area contributed by atoms with Gasteiger partial charge in [0.25, 0.3) is 10.0 Å². The average molecular weight is 285 g/mol. The molecule has 0 spiro atoms. The number of nitrogens with two attached hydrogens (primary N) is 1. The summed E-state index contributed by atoms with van der Waals surface area (Å²) in [7, 11) is -3.88. The number of rotatable bonds is 5. The van der Waals surface area contributed by atoms with Gasteiger partial charge in [-0.1, -0.05) is 0 Å². The molecule has 0 atom stereocenters. The molecule has 2 rings (SSSR count). The second-order valence-electron chi connectivity index (χ2n) is 3.69. The monoisotopic (exact) mass is 285 g/mol. The molecule has 9 heteroatoms. The fraction of sp³-hybridized carbons (Fsp3) is 0.200. The molecule has 0 saturated heterocycles. The van der Waals surface area contributed by atoms with Crippen molar-refractivity contribution in [1.29, 1.82) is 0 Å². The Bertz CT molecular complexity index is 670. The molecule has 0 bridgehead atoms. The van der Waals surface area contributed by atoms with Crippen LogP contribution in [0.25, 0.3) is 0 Å². The largest absolute Gasteiger partial charge is 0.329 e. The third-order valence-electron chi connectivity index (χ3n) is 2.29. The van der Waals surface area contributed by atoms with Crippen LogP contribution in [-0.4, -0.2) is 29.7 Å². The molecule has 0 unspecified atom stereocenters. The average Bonchev–Trinajstić information content (AvgIpc) is 2.82. The summed E-state index contributed by atoms with van der Waals surface area (Å²) >= 11 is 0. The maximum absolute atomic E-state index is 13.3. The fourth-order valence-electron chi connectivity index (χ4n) is 1.40. The number of halogens is 1. The van der Waals surface area contributed by atoms with E-state index in [2.05, 4.69) is 14.8 Å². The zero-order valence-corrected chi connectivity index (χ0v) is 10.6. The summed E-state index contributed by atoms with van der Waals surface area (Å²) in [6.07, 6.45) is 4.72. The Labute approximate surface area is 109 Å². The quantitative estimate of drug-likeness (QED) is 0.815. The smallest absolute Gasteiger partial charge is 0.265 e. The highest BCUT2D eigenvalue weighted by Crippen LogP contribution is 2.17. The lowest BCUT2D eigenvalue weighted by molar-refractivity contribution is 0.596. The van der Waals surface area contributed by atoms with Crippen molar-refractivity contribution in [1.82, 2.24) is 14.8 Å². The summed E-state index contributed by atoms with van der Waals surface area (Å²) < 4.78 is 40.8. The lowest BCUT2D eigenvalue weighted by atomic mass is 10.4. The van der Waals surface area contributed by atoms with Gasteiger partial charge in [0.2, 0.25) is 0 Å². The molecule has 0 aliphatic rings. The van der Waals surface area contributed by atoms with Crippen molar-refractivity contribution < 1.29 is 12.8 Å². The summed E-state index contributed by atoms with van der Waals surface area (Å²) in [5.41, 5.74) is 5.17. The molecule has 0 aromatic carbocycles. The molecular weight excluding hydrogens is 273 g/mol. The number of nitrogens with one attached hydrogen (secondary N) is 1. The van der Waals surface area contributed by atoms with Crippen molar-refractivity contribution in [3.63, 3.8) is 0 Å². The van der Waals surface area contributed by atoms with E-state index in [0.717, 1.165) is 6.20 Å². The Morgan fingerprint density at radius 3 is 2.89 bits per heavy atom. The first-order chi connectivity index (χ1) is 9.03. The first-order valence-corrected chi connectivity index (χ1v) is 6.86. The van der Waals surface area contributed by atoms with Gasteiger partial charge in [-0.2, -0.15) is 5.10 Å². The van der Waals surface area contributed by atoms with Crippen molar-refractivity contribution in [3.05, 3.63) is 36.7 Å². The van der Waals surface area contributed by atoms with Crippen molar-refractivity contribution in [2.45, 2.75) is 11.4 Å². The third kappa shape index (κ3) is 3.06. The second-order valence-corrected chi connectivity index (χ2v) is 5.37. The van der Waals surface area contributed by atoms with E-state index in [9.17, 15) is 12.8 Å². The standard InChI is InChI=1S/C10H12FN5O2S/c11-9-6-13-3-1-10(9)15-19(17,18)8-5-14-16(7-8)4-2-12/h1,3,5-7H,2,4,12H2,(H,13,15). The van der Waals surface area contributed by atoms with Gasteiger partial charge in [-0.25, -0.2) is 12.8 Å². The molecule has 2 heterocycles. The van der Waals surface area contributed by atoms with Gasteiger partial charge < -0.3 is 5.73 Å². The first kappa shape index (κ1) is 13.4. The van der Waals surface area contributed by atoms with Gasteiger partial charge in [-0.3, -0.25) is 14.4 Å². The number of hydrogen-bond acceptors (Lipinski definition) is 5. The zero-order chi connectivity index (χ0) is 13.9. The van der Waals surface area contributed by atoms with E-state index < -0.39 is 15.8 Å². The summed E-state index contributed by atoms with van der Waals surface area (Å²) in [5.74, 6) is -0.750. The van der Waals surface area contributed by atoms with Crippen LogP contribution in [0, 0.1) is 5.82 Å². The molecule has 3 N–H and O–H groups in total. The molecule has 0 fully saturated rings. The lowest BCUT2D eigenvalue weighted by Gasteiger charge is -2.06. The number of aromatic nitrogens is 3. The van der Waals surface area contributed by atoms with E-state index in [1.165, 1.54) is 29.3 Å². The molecule has 2 aromatic rings. The predicted molar refractivity (Wildman–Crippen MR) is 66.3 cm³/mol. The van der Waals surface area contributed by atoms with Crippen LogP contribution in [-0.2, 0) is 16.6 Å². The predicted octanol–water partition coefficient (Wildman–Crippen LogP) is 0.177. The van der Waals surface area contributed by atoms with E-state index in [1.807, 2.05) is 0 Å². The molecular formula is C10H12FN5O2S. The van der Waals surface area contributed by atoms with Gasteiger partial charge >= 0.3 is 0 Å². The Balaban J connectivity index is 2.25. The molecule has 102 valence electrons. The molecule has 0 aliphatic carbocycles. The molecule has 0 saturated carbocycles. The Morgan fingerprint density at radius 1 is 1.42 bits per heavy atom. The number of pyridine rings is 1. The third-order valence-corrected chi connectivity index (χ3v) is 3.61. The Kier molecular flexibility index (Phi) is 3.76. The van der Waals surface area contributed by atoms with Crippen molar-refractivity contribution in [3.8, 4) is 0 Å². The van der Waals surface area contributed by atoms with E-state index in [4.69, 9.17) is 5.73 Å². The number of anilines is 1. The van der Waals surface area contributed by atoms with Crippen LogP contribution in [0.1, 0.15) is 0 Å². The van der Waals surface area contributed by atoms with E-state index >= 15 is 0 Å². The van der Waals surface area contributed by atoms with Crippen molar-refractivity contribution in [2.75, 3.05) is 11.3 Å². The summed E-state index contributed by atoms with van der Waals surface area (Å²) in [6, 6.07) is 1.23. The highest BCUT2D eigenvalue weighted by molar-refractivity contribution is 7.92. The van der Waals surface area contributed by atoms with Crippen LogP contribution >= 0.6 is 0 Å². The molecule has 0 aliphatic heterocycles. The SMILES string of the molecule is NCCn1cc(S(=O)(=O)Nc2ccncc2F)cn1. The minimum absolute atomic E-state index is 0.0582. The van der Waals surface area contributed by atoms with Gasteiger partial charge in [0.05, 0.1) is 24.6 Å². The minimum Gasteiger partial charge on any atom is -0.329 e. The Morgan fingerprint density at radius 2 is 2.21 bits per heavy atom. The van der Waals surface area contributed by atoms with Gasteiger partial charge in [-0.15, -0.1) is 0 Å². The molecule has 2 aromatic heterocycles. The summed E-state index contributed by atoms with van der Waals surface area (Å²) in [6.45, 7) is 0.743. The van der Waals surface area contributed by atoms with Crippen LogP contribution in [0.5, 0.6) is 0 Å². The highest BCUT2D eigenvalue weighted by Gasteiger charge is 2.18. The minimum atomic E-state index is -3.88. The Hall–Kier alpha value is -2.00. The van der Waals surface area contributed by atoms with E-state index in [-0.39, 0.29) is 10.6 Å². The van der Waals surface area contributed by atoms with Gasteiger partial charge in [0, 0.05) is 18.9 Å². The van der Waals surface area contributed by atoms with Crippen molar-refractivity contribution in [2.24, 2.45) is 5.73 Å². The molecule has 7 nitrogen and oxygen atoms in total. The van der Waals surface area contributed by atoms with Crippen LogP contribution < -0.4 is 10.5 Å². The van der Waals surface area contributed by atoms with Gasteiger partial charge in [-0.05, 0) is 6.07 Å². The van der Waals surface area contributed by atoms with Crippen LogP contribution in [0.4, 0.5) is 10.1 Å².